The first kappa shape index (κ1) is 11.9. The van der Waals surface area contributed by atoms with Crippen molar-refractivity contribution in [2.45, 2.75) is 18.4 Å². The van der Waals surface area contributed by atoms with E-state index in [1.165, 1.54) is 6.07 Å². The van der Waals surface area contributed by atoms with Gasteiger partial charge in [-0.25, -0.2) is 0 Å². The fourth-order valence-corrected chi connectivity index (χ4v) is 1.79. The normalized spacial score (nSPS) is 18.6. The highest BCUT2D eigenvalue weighted by molar-refractivity contribution is 5.99. The summed E-state index contributed by atoms with van der Waals surface area (Å²) in [7, 11) is 0. The standard InChI is InChI=1S/C12H16N2O3/c13-12(5-7-17-8-6-12)11(16)14-9-3-1-2-4-10(9)15/h1-4,15H,5-8,13H2,(H,14,16). The maximum Gasteiger partial charge on any atom is 0.244 e. The van der Waals surface area contributed by atoms with Gasteiger partial charge in [-0.3, -0.25) is 4.79 Å². The first-order valence-corrected chi connectivity index (χ1v) is 5.58. The van der Waals surface area contributed by atoms with Gasteiger partial charge in [-0.15, -0.1) is 0 Å². The molecule has 0 aromatic heterocycles. The van der Waals surface area contributed by atoms with E-state index in [2.05, 4.69) is 5.32 Å². The summed E-state index contributed by atoms with van der Waals surface area (Å²) in [6.07, 6.45) is 0.985. The van der Waals surface area contributed by atoms with Crippen LogP contribution in [0.1, 0.15) is 12.8 Å². The van der Waals surface area contributed by atoms with Gasteiger partial charge in [0.2, 0.25) is 5.91 Å². The Hall–Kier alpha value is -1.59. The van der Waals surface area contributed by atoms with Crippen LogP contribution in [0.4, 0.5) is 5.69 Å². The molecule has 1 aliphatic rings. The minimum atomic E-state index is -0.902. The van der Waals surface area contributed by atoms with Crippen molar-refractivity contribution in [3.63, 3.8) is 0 Å². The molecule has 0 radical (unpaired) electrons. The van der Waals surface area contributed by atoms with Crippen LogP contribution < -0.4 is 11.1 Å². The Morgan fingerprint density at radius 1 is 1.35 bits per heavy atom. The maximum absolute atomic E-state index is 12.0. The molecule has 0 aliphatic carbocycles. The molecule has 1 aromatic rings. The molecule has 2 rings (SSSR count). The number of carbonyl (C=O) groups is 1. The SMILES string of the molecule is NC1(C(=O)Nc2ccccc2O)CCOCC1. The number of rotatable bonds is 2. The van der Waals surface area contributed by atoms with Crippen LogP contribution in [-0.2, 0) is 9.53 Å². The molecule has 5 heteroatoms. The quantitative estimate of drug-likeness (QED) is 0.664. The van der Waals surface area contributed by atoms with Crippen molar-refractivity contribution >= 4 is 11.6 Å². The Morgan fingerprint density at radius 2 is 2.00 bits per heavy atom. The number of aromatic hydroxyl groups is 1. The van der Waals surface area contributed by atoms with E-state index in [9.17, 15) is 9.90 Å². The Balaban J connectivity index is 2.08. The first-order valence-electron chi connectivity index (χ1n) is 5.58. The molecular weight excluding hydrogens is 220 g/mol. The number of phenols is 1. The van der Waals surface area contributed by atoms with Gasteiger partial charge < -0.3 is 20.9 Å². The average molecular weight is 236 g/mol. The van der Waals surface area contributed by atoms with Crippen molar-refractivity contribution < 1.29 is 14.6 Å². The van der Waals surface area contributed by atoms with Crippen molar-refractivity contribution in [3.05, 3.63) is 24.3 Å². The van der Waals surface area contributed by atoms with E-state index in [1.54, 1.807) is 18.2 Å². The van der Waals surface area contributed by atoms with Gasteiger partial charge in [0.1, 0.15) is 11.3 Å². The van der Waals surface area contributed by atoms with E-state index < -0.39 is 5.54 Å². The monoisotopic (exact) mass is 236 g/mol. The molecule has 4 N–H and O–H groups in total. The maximum atomic E-state index is 12.0. The summed E-state index contributed by atoms with van der Waals surface area (Å²) in [5.41, 5.74) is 5.51. The number of amides is 1. The van der Waals surface area contributed by atoms with Gasteiger partial charge in [-0.1, -0.05) is 12.1 Å². The zero-order valence-electron chi connectivity index (χ0n) is 9.48. The molecule has 1 saturated heterocycles. The minimum Gasteiger partial charge on any atom is -0.506 e. The molecule has 1 heterocycles. The van der Waals surface area contributed by atoms with Gasteiger partial charge in [0.15, 0.2) is 0 Å². The van der Waals surface area contributed by atoms with Crippen LogP contribution in [0.5, 0.6) is 5.75 Å². The summed E-state index contributed by atoms with van der Waals surface area (Å²) in [5.74, 6) is -0.237. The van der Waals surface area contributed by atoms with Crippen LogP contribution in [-0.4, -0.2) is 29.8 Å². The van der Waals surface area contributed by atoms with E-state index in [0.717, 1.165) is 0 Å². The van der Waals surface area contributed by atoms with Crippen molar-refractivity contribution in [1.29, 1.82) is 0 Å². The molecular formula is C12H16N2O3. The number of nitrogens with two attached hydrogens (primary N) is 1. The van der Waals surface area contributed by atoms with E-state index >= 15 is 0 Å². The van der Waals surface area contributed by atoms with E-state index in [-0.39, 0.29) is 11.7 Å². The number of nitrogens with one attached hydrogen (secondary N) is 1. The Labute approximate surface area is 99.6 Å². The molecule has 1 amide bonds. The second kappa shape index (κ2) is 4.73. The van der Waals surface area contributed by atoms with Gasteiger partial charge >= 0.3 is 0 Å². The zero-order valence-corrected chi connectivity index (χ0v) is 9.48. The van der Waals surface area contributed by atoms with Gasteiger partial charge in [0.05, 0.1) is 5.69 Å². The lowest BCUT2D eigenvalue weighted by atomic mass is 9.90. The molecule has 1 aromatic carbocycles. The Morgan fingerprint density at radius 3 is 2.65 bits per heavy atom. The second-order valence-electron chi connectivity index (χ2n) is 4.24. The predicted octanol–water partition coefficient (Wildman–Crippen LogP) is 0.839. The van der Waals surface area contributed by atoms with Crippen molar-refractivity contribution in [3.8, 4) is 5.75 Å². The number of phenolic OH excluding ortho intramolecular Hbond substituents is 1. The highest BCUT2D eigenvalue weighted by Gasteiger charge is 2.36. The van der Waals surface area contributed by atoms with Crippen molar-refractivity contribution in [2.24, 2.45) is 5.73 Å². The van der Waals surface area contributed by atoms with Crippen LogP contribution in [0.25, 0.3) is 0 Å². The number of para-hydroxylation sites is 2. The highest BCUT2D eigenvalue weighted by Crippen LogP contribution is 2.25. The highest BCUT2D eigenvalue weighted by atomic mass is 16.5. The average Bonchev–Trinajstić information content (AvgIpc) is 2.33. The number of anilines is 1. The van der Waals surface area contributed by atoms with Gasteiger partial charge in [-0.2, -0.15) is 0 Å². The molecule has 17 heavy (non-hydrogen) atoms. The third-order valence-electron chi connectivity index (χ3n) is 2.99. The lowest BCUT2D eigenvalue weighted by Gasteiger charge is -2.31. The number of hydrogen-bond donors (Lipinski definition) is 3. The fourth-order valence-electron chi connectivity index (χ4n) is 1.79. The van der Waals surface area contributed by atoms with Gasteiger partial charge in [-0.05, 0) is 25.0 Å². The summed E-state index contributed by atoms with van der Waals surface area (Å²) >= 11 is 0. The molecule has 5 nitrogen and oxygen atoms in total. The first-order chi connectivity index (χ1) is 8.12. The second-order valence-corrected chi connectivity index (χ2v) is 4.24. The third-order valence-corrected chi connectivity index (χ3v) is 2.99. The van der Waals surface area contributed by atoms with Crippen LogP contribution in [0, 0.1) is 0 Å². The van der Waals surface area contributed by atoms with Gasteiger partial charge in [0, 0.05) is 13.2 Å². The molecule has 1 fully saturated rings. The summed E-state index contributed by atoms with van der Waals surface area (Å²) < 4.78 is 5.18. The number of carbonyl (C=O) groups excluding carboxylic acids is 1. The number of ether oxygens (including phenoxy) is 1. The lowest BCUT2D eigenvalue weighted by molar-refractivity contribution is -0.124. The summed E-state index contributed by atoms with van der Waals surface area (Å²) in [4.78, 5) is 12.0. The van der Waals surface area contributed by atoms with Crippen molar-refractivity contribution in [1.82, 2.24) is 0 Å². The van der Waals surface area contributed by atoms with Crippen LogP contribution >= 0.6 is 0 Å². The molecule has 0 bridgehead atoms. The van der Waals surface area contributed by atoms with Crippen LogP contribution in [0.3, 0.4) is 0 Å². The molecule has 0 saturated carbocycles. The molecule has 0 unspecified atom stereocenters. The number of benzene rings is 1. The van der Waals surface area contributed by atoms with E-state index in [0.29, 0.717) is 31.7 Å². The largest absolute Gasteiger partial charge is 0.506 e. The Bertz CT molecular complexity index is 414. The lowest BCUT2D eigenvalue weighted by Crippen LogP contribution is -2.54. The van der Waals surface area contributed by atoms with Crippen molar-refractivity contribution in [2.75, 3.05) is 18.5 Å². The molecule has 0 atom stereocenters. The number of hydrogen-bond acceptors (Lipinski definition) is 4. The molecule has 1 aliphatic heterocycles. The molecule has 0 spiro atoms. The third kappa shape index (κ3) is 2.57. The van der Waals surface area contributed by atoms with E-state index in [4.69, 9.17) is 10.5 Å². The Kier molecular flexibility index (Phi) is 3.31. The predicted molar refractivity (Wildman–Crippen MR) is 63.7 cm³/mol. The van der Waals surface area contributed by atoms with Crippen LogP contribution in [0.2, 0.25) is 0 Å². The molecule has 92 valence electrons. The topological polar surface area (TPSA) is 84.6 Å². The summed E-state index contributed by atoms with van der Waals surface area (Å²) in [5, 5.41) is 12.2. The van der Waals surface area contributed by atoms with Crippen LogP contribution in [0.15, 0.2) is 24.3 Å². The summed E-state index contributed by atoms with van der Waals surface area (Å²) in [6, 6.07) is 6.58. The van der Waals surface area contributed by atoms with Gasteiger partial charge in [0.25, 0.3) is 0 Å². The minimum absolute atomic E-state index is 0.0384. The smallest absolute Gasteiger partial charge is 0.244 e. The zero-order chi connectivity index (χ0) is 12.3. The summed E-state index contributed by atoms with van der Waals surface area (Å²) in [6.45, 7) is 0.982. The van der Waals surface area contributed by atoms with E-state index in [1.807, 2.05) is 0 Å². The fraction of sp³-hybridized carbons (Fsp3) is 0.417.